The van der Waals surface area contributed by atoms with E-state index in [1.165, 1.54) is 64.2 Å². The van der Waals surface area contributed by atoms with Crippen molar-refractivity contribution < 1.29 is 91.3 Å². The van der Waals surface area contributed by atoms with Crippen molar-refractivity contribution in [2.75, 3.05) is 138 Å². The van der Waals surface area contributed by atoms with Gasteiger partial charge in [0.1, 0.15) is 38.8 Å². The normalized spacial score (nSPS) is 14.3. The Kier molecular flexibility index (Phi) is 50.7. The van der Waals surface area contributed by atoms with Crippen molar-refractivity contribution in [2.24, 2.45) is 11.8 Å². The lowest BCUT2D eigenvalue weighted by molar-refractivity contribution is -0.143. The highest BCUT2D eigenvalue weighted by atomic mass is 16.5. The summed E-state index contributed by atoms with van der Waals surface area (Å²) in [4.78, 5) is 106. The van der Waals surface area contributed by atoms with Gasteiger partial charge >= 0.3 is 11.9 Å². The number of carboxylic acids is 2. The van der Waals surface area contributed by atoms with Crippen LogP contribution in [0.2, 0.25) is 0 Å². The van der Waals surface area contributed by atoms with Gasteiger partial charge in [-0.25, -0.2) is 4.79 Å². The van der Waals surface area contributed by atoms with E-state index in [0.717, 1.165) is 51.4 Å². The Hall–Kier alpha value is -4.89. The number of aliphatic carboxylic acids is 2. The molecule has 0 radical (unpaired) electrons. The smallest absolute Gasteiger partial charge is 0.326 e. The number of carboxylic acid groups (broad SMARTS) is 2. The molecule has 0 spiro atoms. The first-order chi connectivity index (χ1) is 39.9. The number of ether oxygens (including phenoxy) is 8. The fourth-order valence-corrected chi connectivity index (χ4v) is 8.63. The van der Waals surface area contributed by atoms with E-state index in [0.29, 0.717) is 58.5 Å². The van der Waals surface area contributed by atoms with Crippen molar-refractivity contribution in [3.05, 3.63) is 0 Å². The SMILES string of the molecule is O=CCOCCOCCNC(=O)COCCOCCNC(=O)COCCOCCNC(=O)COCCOCCNC(=O)CC[C@H](NC(=O)[C@H]1CC[C@H](CNC(=O)CCCCCCCCCCCCCCCCCCC(=O)O)CC1)C(=O)O. The third kappa shape index (κ3) is 49.7. The number of carbonyl (C=O) groups excluding carboxylic acids is 7. The van der Waals surface area contributed by atoms with Gasteiger partial charge in [0.25, 0.3) is 0 Å². The van der Waals surface area contributed by atoms with Crippen LogP contribution < -0.4 is 31.9 Å². The molecule has 0 unspecified atom stereocenters. The number of unbranched alkanes of at least 4 members (excludes halogenated alkanes) is 15. The third-order valence-corrected chi connectivity index (χ3v) is 13.3. The summed E-state index contributed by atoms with van der Waals surface area (Å²) in [6.07, 6.45) is 22.7. The lowest BCUT2D eigenvalue weighted by Crippen LogP contribution is -2.45. The van der Waals surface area contributed by atoms with Crippen LogP contribution in [-0.2, 0) is 81.0 Å². The molecular weight excluding hydrogens is 1070 g/mol. The van der Waals surface area contributed by atoms with E-state index >= 15 is 0 Å². The number of nitrogens with one attached hydrogen (secondary N) is 6. The zero-order valence-electron chi connectivity index (χ0n) is 49.0. The number of hydrogen-bond donors (Lipinski definition) is 8. The fraction of sp³-hybridized carbons (Fsp3) is 0.842. The van der Waals surface area contributed by atoms with Crippen LogP contribution in [0.3, 0.4) is 0 Å². The second kappa shape index (κ2) is 55.3. The van der Waals surface area contributed by atoms with E-state index in [2.05, 4.69) is 31.9 Å². The molecule has 1 aliphatic carbocycles. The van der Waals surface area contributed by atoms with Gasteiger partial charge in [-0.1, -0.05) is 89.9 Å². The summed E-state index contributed by atoms with van der Waals surface area (Å²) in [5.74, 6) is -3.56. The molecule has 0 aromatic carbocycles. The predicted octanol–water partition coefficient (Wildman–Crippen LogP) is 3.16. The number of amides is 6. The molecule has 25 nitrogen and oxygen atoms in total. The second-order valence-electron chi connectivity index (χ2n) is 20.3. The first kappa shape index (κ1) is 75.1. The molecule has 1 saturated carbocycles. The average Bonchev–Trinajstić information content (AvgIpc) is 3.53. The van der Waals surface area contributed by atoms with Gasteiger partial charge in [-0.15, -0.1) is 0 Å². The summed E-state index contributed by atoms with van der Waals surface area (Å²) in [6.45, 7) is 3.86. The zero-order valence-corrected chi connectivity index (χ0v) is 49.0. The summed E-state index contributed by atoms with van der Waals surface area (Å²) < 4.78 is 42.2. The number of carbonyl (C=O) groups is 9. The Morgan fingerprint density at radius 1 is 0.402 bits per heavy atom. The van der Waals surface area contributed by atoms with Crippen LogP contribution in [0.15, 0.2) is 0 Å². The molecule has 0 bridgehead atoms. The monoisotopic (exact) mass is 1170 g/mol. The number of aldehydes is 1. The lowest BCUT2D eigenvalue weighted by Gasteiger charge is -2.28. The van der Waals surface area contributed by atoms with E-state index in [4.69, 9.17) is 43.0 Å². The molecule has 0 aliphatic heterocycles. The molecular formula is C57H102N6O19. The minimum Gasteiger partial charge on any atom is -0.481 e. The molecule has 0 saturated heterocycles. The third-order valence-electron chi connectivity index (χ3n) is 13.3. The molecule has 474 valence electrons. The first-order valence-electron chi connectivity index (χ1n) is 30.0. The summed E-state index contributed by atoms with van der Waals surface area (Å²) in [5, 5.41) is 34.7. The highest BCUT2D eigenvalue weighted by Gasteiger charge is 2.30. The maximum Gasteiger partial charge on any atom is 0.326 e. The highest BCUT2D eigenvalue weighted by molar-refractivity contribution is 5.86. The molecule has 8 N–H and O–H groups in total. The van der Waals surface area contributed by atoms with Gasteiger partial charge in [-0.2, -0.15) is 0 Å². The molecule has 1 atom stereocenters. The molecule has 0 aromatic rings. The van der Waals surface area contributed by atoms with Gasteiger partial charge in [0.05, 0.1) is 79.3 Å². The minimum atomic E-state index is -1.21. The number of hydrogen-bond acceptors (Lipinski definition) is 17. The molecule has 1 rings (SSSR count). The Labute approximate surface area is 485 Å². The maximum absolute atomic E-state index is 13.0. The van der Waals surface area contributed by atoms with Crippen molar-refractivity contribution in [1.82, 2.24) is 31.9 Å². The average molecular weight is 1180 g/mol. The Morgan fingerprint density at radius 2 is 0.756 bits per heavy atom. The van der Waals surface area contributed by atoms with Crippen LogP contribution >= 0.6 is 0 Å². The van der Waals surface area contributed by atoms with Crippen molar-refractivity contribution in [3.8, 4) is 0 Å². The second-order valence-corrected chi connectivity index (χ2v) is 20.3. The zero-order chi connectivity index (χ0) is 59.8. The molecule has 1 fully saturated rings. The summed E-state index contributed by atoms with van der Waals surface area (Å²) in [5.41, 5.74) is 0. The summed E-state index contributed by atoms with van der Waals surface area (Å²) >= 11 is 0. The molecule has 1 aliphatic rings. The fourth-order valence-electron chi connectivity index (χ4n) is 8.63. The Bertz CT molecular complexity index is 1690. The van der Waals surface area contributed by atoms with Gasteiger partial charge < -0.3 is 84.8 Å². The van der Waals surface area contributed by atoms with Crippen molar-refractivity contribution >= 4 is 53.7 Å². The van der Waals surface area contributed by atoms with E-state index in [-0.39, 0.29) is 172 Å². The van der Waals surface area contributed by atoms with E-state index < -0.39 is 18.0 Å². The van der Waals surface area contributed by atoms with Gasteiger partial charge in [0.15, 0.2) is 0 Å². The van der Waals surface area contributed by atoms with Gasteiger partial charge in [-0.05, 0) is 50.9 Å². The Morgan fingerprint density at radius 3 is 1.15 bits per heavy atom. The minimum absolute atomic E-state index is 0.0238. The standard InChI is InChI=1S/C57H102N6O19/c64-29-34-79-36-35-75-31-26-59-52(67)44-81-41-38-77-33-28-61-54(69)46-82-42-39-78-32-27-60-53(68)45-80-40-37-76-30-25-58-51(66)24-23-49(57(73)74)63-56(72)48-21-19-47(20-22-48)43-62-50(65)17-15-13-11-9-7-5-3-1-2-4-6-8-10-12-14-16-18-55(70)71/h29,47-49H,1-28,30-46H2,(H,58,66)(H,59,67)(H,60,68)(H,61,69)(H,62,65)(H,63,72)(H,70,71)(H,73,74)/t47-,48-,49-/m0/s1. The maximum atomic E-state index is 13.0. The Balaban J connectivity index is 1.93. The first-order valence-corrected chi connectivity index (χ1v) is 30.0. The van der Waals surface area contributed by atoms with Crippen LogP contribution in [0.4, 0.5) is 0 Å². The topological polar surface area (TPSA) is 340 Å². The van der Waals surface area contributed by atoms with Crippen LogP contribution in [0.25, 0.3) is 0 Å². The van der Waals surface area contributed by atoms with Crippen LogP contribution in [0.5, 0.6) is 0 Å². The van der Waals surface area contributed by atoms with Crippen molar-refractivity contribution in [3.63, 3.8) is 0 Å². The van der Waals surface area contributed by atoms with Crippen LogP contribution in [-0.4, -0.2) is 208 Å². The molecule has 82 heavy (non-hydrogen) atoms. The van der Waals surface area contributed by atoms with Gasteiger partial charge in [0.2, 0.25) is 35.4 Å². The van der Waals surface area contributed by atoms with Crippen molar-refractivity contribution in [1.29, 1.82) is 0 Å². The van der Waals surface area contributed by atoms with E-state index in [1.54, 1.807) is 0 Å². The molecule has 25 heteroatoms. The molecule has 0 heterocycles. The molecule has 6 amide bonds. The summed E-state index contributed by atoms with van der Waals surface area (Å²) in [7, 11) is 0. The van der Waals surface area contributed by atoms with E-state index in [9.17, 15) is 48.3 Å². The van der Waals surface area contributed by atoms with Gasteiger partial charge in [-0.3, -0.25) is 33.6 Å². The molecule has 0 aromatic heterocycles. The van der Waals surface area contributed by atoms with E-state index in [1.807, 2.05) is 0 Å². The van der Waals surface area contributed by atoms with Gasteiger partial charge in [0, 0.05) is 57.9 Å². The predicted molar refractivity (Wildman–Crippen MR) is 303 cm³/mol. The largest absolute Gasteiger partial charge is 0.481 e. The van der Waals surface area contributed by atoms with Crippen LogP contribution in [0.1, 0.15) is 154 Å². The highest BCUT2D eigenvalue weighted by Crippen LogP contribution is 2.29. The van der Waals surface area contributed by atoms with Crippen molar-refractivity contribution in [2.45, 2.75) is 160 Å². The lowest BCUT2D eigenvalue weighted by atomic mass is 9.81. The van der Waals surface area contributed by atoms with Crippen LogP contribution in [0, 0.1) is 11.8 Å². The number of rotatable bonds is 59. The summed E-state index contributed by atoms with van der Waals surface area (Å²) in [6, 6.07) is -1.20. The quantitative estimate of drug-likeness (QED) is 0.0320.